The van der Waals surface area contributed by atoms with Crippen LogP contribution in [-0.2, 0) is 0 Å². The van der Waals surface area contributed by atoms with Crippen molar-refractivity contribution in [2.45, 2.75) is 39.5 Å². The van der Waals surface area contributed by atoms with Crippen molar-refractivity contribution in [2.24, 2.45) is 0 Å². The minimum atomic E-state index is 0.305. The van der Waals surface area contributed by atoms with Crippen molar-refractivity contribution >= 4 is 38.7 Å². The number of fused-ring (bicyclic) bond motifs is 4. The Balaban J connectivity index is 1.46. The molecule has 42 heavy (non-hydrogen) atoms. The normalized spacial score (nSPS) is 11.7. The van der Waals surface area contributed by atoms with Gasteiger partial charge < -0.3 is 8.83 Å². The van der Waals surface area contributed by atoms with E-state index in [0.717, 1.165) is 33.0 Å². The summed E-state index contributed by atoms with van der Waals surface area (Å²) in [5, 5.41) is 1.71. The SMILES string of the molecule is [C-]#[N+]c1cccc2oc3c(-c4nc5cccc(-c6c(C(C)C)cc(-c7ccccc7)cc6C(C)C)c5o4)cccc3c12. The third kappa shape index (κ3) is 4.09. The van der Waals surface area contributed by atoms with Crippen molar-refractivity contribution in [2.75, 3.05) is 0 Å². The quantitative estimate of drug-likeness (QED) is 0.202. The van der Waals surface area contributed by atoms with Gasteiger partial charge in [-0.15, -0.1) is 0 Å². The molecule has 2 heterocycles. The minimum Gasteiger partial charge on any atom is -0.457 e. The van der Waals surface area contributed by atoms with Gasteiger partial charge in [0.25, 0.3) is 0 Å². The van der Waals surface area contributed by atoms with Crippen LogP contribution in [0.4, 0.5) is 5.69 Å². The van der Waals surface area contributed by atoms with Crippen LogP contribution in [0.2, 0.25) is 0 Å². The van der Waals surface area contributed by atoms with Gasteiger partial charge in [-0.1, -0.05) is 107 Å². The first-order valence-corrected chi connectivity index (χ1v) is 14.4. The molecule has 0 aliphatic heterocycles. The smallest absolute Gasteiger partial charge is 0.231 e. The molecule has 0 bridgehead atoms. The highest BCUT2D eigenvalue weighted by Crippen LogP contribution is 2.44. The topological polar surface area (TPSA) is 43.5 Å². The maximum atomic E-state index is 7.65. The third-order valence-corrected chi connectivity index (χ3v) is 8.09. The van der Waals surface area contributed by atoms with E-state index in [-0.39, 0.29) is 0 Å². The van der Waals surface area contributed by atoms with Gasteiger partial charge >= 0.3 is 0 Å². The van der Waals surface area contributed by atoms with Crippen molar-refractivity contribution < 1.29 is 8.83 Å². The van der Waals surface area contributed by atoms with Crippen LogP contribution in [0.5, 0.6) is 0 Å². The molecule has 0 spiro atoms. The fourth-order valence-corrected chi connectivity index (χ4v) is 6.06. The molecule has 7 rings (SSSR count). The zero-order valence-electron chi connectivity index (χ0n) is 24.1. The summed E-state index contributed by atoms with van der Waals surface area (Å²) < 4.78 is 13.0. The average molecular weight is 547 g/mol. The summed E-state index contributed by atoms with van der Waals surface area (Å²) in [4.78, 5) is 8.68. The Hall–Kier alpha value is -5.14. The number of furan rings is 1. The number of oxazole rings is 1. The first-order valence-electron chi connectivity index (χ1n) is 14.4. The zero-order valence-corrected chi connectivity index (χ0v) is 24.1. The third-order valence-electron chi connectivity index (χ3n) is 8.09. The molecule has 0 aliphatic carbocycles. The van der Waals surface area contributed by atoms with Crippen molar-refractivity contribution in [3.63, 3.8) is 0 Å². The van der Waals surface area contributed by atoms with Crippen LogP contribution >= 0.6 is 0 Å². The summed E-state index contributed by atoms with van der Waals surface area (Å²) in [6.07, 6.45) is 0. The highest BCUT2D eigenvalue weighted by Gasteiger charge is 2.23. The summed E-state index contributed by atoms with van der Waals surface area (Å²) in [7, 11) is 0. The Labute approximate surface area is 245 Å². The number of nitrogens with zero attached hydrogens (tertiary/aromatic N) is 2. The molecule has 0 saturated carbocycles. The van der Waals surface area contributed by atoms with E-state index >= 15 is 0 Å². The Morgan fingerprint density at radius 3 is 2.07 bits per heavy atom. The molecule has 4 heteroatoms. The largest absolute Gasteiger partial charge is 0.457 e. The van der Waals surface area contributed by atoms with E-state index in [0.29, 0.717) is 34.6 Å². The summed E-state index contributed by atoms with van der Waals surface area (Å²) in [5.74, 6) is 1.11. The lowest BCUT2D eigenvalue weighted by Gasteiger charge is -2.22. The second kappa shape index (κ2) is 10.0. The molecule has 0 saturated heterocycles. The molecule has 4 nitrogen and oxygen atoms in total. The van der Waals surface area contributed by atoms with E-state index in [1.54, 1.807) is 0 Å². The predicted molar refractivity (Wildman–Crippen MR) is 172 cm³/mol. The van der Waals surface area contributed by atoms with Gasteiger partial charge in [-0.25, -0.2) is 9.83 Å². The molecule has 7 aromatic rings. The lowest BCUT2D eigenvalue weighted by molar-refractivity contribution is 0.616. The summed E-state index contributed by atoms with van der Waals surface area (Å²) in [5.41, 5.74) is 11.6. The van der Waals surface area contributed by atoms with Crippen molar-refractivity contribution in [1.82, 2.24) is 4.98 Å². The van der Waals surface area contributed by atoms with Gasteiger partial charge in [0.2, 0.25) is 5.89 Å². The number of rotatable bonds is 5. The van der Waals surface area contributed by atoms with Gasteiger partial charge in [-0.3, -0.25) is 0 Å². The van der Waals surface area contributed by atoms with Gasteiger partial charge in [-0.05, 0) is 57.9 Å². The molecule has 0 fully saturated rings. The summed E-state index contributed by atoms with van der Waals surface area (Å²) in [6.45, 7) is 16.7. The molecular formula is C38H30N2O2. The summed E-state index contributed by atoms with van der Waals surface area (Å²) in [6, 6.07) is 33.0. The monoisotopic (exact) mass is 546 g/mol. The highest BCUT2D eigenvalue weighted by molar-refractivity contribution is 6.14. The van der Waals surface area contributed by atoms with Gasteiger partial charge in [0.1, 0.15) is 16.7 Å². The van der Waals surface area contributed by atoms with E-state index in [9.17, 15) is 0 Å². The van der Waals surface area contributed by atoms with Crippen LogP contribution < -0.4 is 0 Å². The number of hydrogen-bond donors (Lipinski definition) is 0. The molecule has 0 aliphatic rings. The zero-order chi connectivity index (χ0) is 29.0. The van der Waals surface area contributed by atoms with E-state index < -0.39 is 0 Å². The Kier molecular flexibility index (Phi) is 6.17. The van der Waals surface area contributed by atoms with Crippen LogP contribution in [0.15, 0.2) is 106 Å². The van der Waals surface area contributed by atoms with Crippen LogP contribution in [-0.4, -0.2) is 4.98 Å². The van der Waals surface area contributed by atoms with Crippen molar-refractivity contribution in [1.29, 1.82) is 0 Å². The van der Waals surface area contributed by atoms with Crippen molar-refractivity contribution in [3.05, 3.63) is 120 Å². The second-order valence-electron chi connectivity index (χ2n) is 11.4. The first kappa shape index (κ1) is 25.8. The molecule has 0 unspecified atom stereocenters. The molecule has 0 atom stereocenters. The van der Waals surface area contributed by atoms with Gasteiger partial charge in [0.05, 0.1) is 12.1 Å². The Morgan fingerprint density at radius 1 is 0.667 bits per heavy atom. The number of benzene rings is 5. The number of hydrogen-bond acceptors (Lipinski definition) is 3. The predicted octanol–water partition coefficient (Wildman–Crippen LogP) is 11.5. The van der Waals surface area contributed by atoms with Crippen molar-refractivity contribution in [3.8, 4) is 33.7 Å². The van der Waals surface area contributed by atoms with E-state index in [4.69, 9.17) is 20.4 Å². The van der Waals surface area contributed by atoms with Crippen LogP contribution in [0.1, 0.15) is 50.7 Å². The van der Waals surface area contributed by atoms with Gasteiger partial charge in [0, 0.05) is 16.3 Å². The number of aromatic nitrogens is 1. The van der Waals surface area contributed by atoms with Crippen LogP contribution in [0.3, 0.4) is 0 Å². The Bertz CT molecular complexity index is 2130. The molecule has 2 aromatic heterocycles. The van der Waals surface area contributed by atoms with Gasteiger partial charge in [0.15, 0.2) is 11.3 Å². The molecule has 0 N–H and O–H groups in total. The maximum absolute atomic E-state index is 7.65. The fraction of sp³-hybridized carbons (Fsp3) is 0.158. The molecule has 5 aromatic carbocycles. The van der Waals surface area contributed by atoms with Gasteiger partial charge in [-0.2, -0.15) is 0 Å². The lowest BCUT2D eigenvalue weighted by Crippen LogP contribution is -2.01. The average Bonchev–Trinajstić information content (AvgIpc) is 3.62. The molecule has 0 amide bonds. The second-order valence-corrected chi connectivity index (χ2v) is 11.4. The summed E-state index contributed by atoms with van der Waals surface area (Å²) >= 11 is 0. The minimum absolute atomic E-state index is 0.305. The van der Waals surface area contributed by atoms with E-state index in [1.807, 2.05) is 42.5 Å². The van der Waals surface area contributed by atoms with E-state index in [2.05, 4.69) is 87.1 Å². The molecular weight excluding hydrogens is 516 g/mol. The first-order chi connectivity index (χ1) is 20.4. The maximum Gasteiger partial charge on any atom is 0.231 e. The molecule has 0 radical (unpaired) electrons. The van der Waals surface area contributed by atoms with Crippen LogP contribution in [0, 0.1) is 6.57 Å². The lowest BCUT2D eigenvalue weighted by atomic mass is 9.82. The number of para-hydroxylation sites is 2. The highest BCUT2D eigenvalue weighted by atomic mass is 16.4. The Morgan fingerprint density at radius 2 is 1.36 bits per heavy atom. The molecule has 204 valence electrons. The fourth-order valence-electron chi connectivity index (χ4n) is 6.06. The standard InChI is InChI=1S/C38H30N2O2/c1-22(2)29-20-25(24-12-7-6-8-13-24)21-30(23(3)4)34(29)26-15-10-18-32-37(26)42-38(40-32)28-16-9-14-27-35-31(39-5)17-11-19-33(35)41-36(27)28/h6-23H,1-4H3. The van der Waals surface area contributed by atoms with E-state index in [1.165, 1.54) is 27.8 Å². The van der Waals surface area contributed by atoms with Crippen LogP contribution in [0.25, 0.3) is 71.6 Å².